The minimum Gasteiger partial charge on any atom is -0.237 e. The van der Waals surface area contributed by atoms with Gasteiger partial charge in [-0.25, -0.2) is 9.50 Å². The highest BCUT2D eigenvalue weighted by molar-refractivity contribution is 5.42. The summed E-state index contributed by atoms with van der Waals surface area (Å²) in [5, 5.41) is 4.45. The zero-order chi connectivity index (χ0) is 9.38. The average molecular weight is 183 g/mol. The van der Waals surface area contributed by atoms with Gasteiger partial charge in [-0.3, -0.25) is 0 Å². The predicted molar refractivity (Wildman–Crippen MR) is 54.0 cm³/mol. The van der Waals surface area contributed by atoms with Gasteiger partial charge >= 0.3 is 0 Å². The maximum Gasteiger partial charge on any atom is 0.155 e. The van der Waals surface area contributed by atoms with E-state index in [0.29, 0.717) is 5.92 Å². The van der Waals surface area contributed by atoms with Crippen LogP contribution in [0.5, 0.6) is 0 Å². The van der Waals surface area contributed by atoms with Crippen molar-refractivity contribution in [3.05, 3.63) is 54.5 Å². The van der Waals surface area contributed by atoms with E-state index in [1.807, 2.05) is 30.5 Å². The fourth-order valence-electron chi connectivity index (χ4n) is 1.64. The molecule has 2 heterocycles. The van der Waals surface area contributed by atoms with Gasteiger partial charge in [-0.05, 0) is 6.07 Å². The minimum absolute atomic E-state index is 0.316. The Bertz CT molecular complexity index is 477. The Labute approximate surface area is 81.4 Å². The van der Waals surface area contributed by atoms with Gasteiger partial charge < -0.3 is 0 Å². The molecule has 0 radical (unpaired) electrons. The van der Waals surface area contributed by atoms with Crippen molar-refractivity contribution in [3.8, 4) is 0 Å². The van der Waals surface area contributed by atoms with Crippen molar-refractivity contribution >= 4 is 5.65 Å². The van der Waals surface area contributed by atoms with E-state index >= 15 is 0 Å². The second kappa shape index (κ2) is 2.80. The molecule has 0 fully saturated rings. The van der Waals surface area contributed by atoms with Crippen LogP contribution in [-0.2, 0) is 0 Å². The molecule has 3 nitrogen and oxygen atoms in total. The largest absolute Gasteiger partial charge is 0.237 e. The molecule has 0 bridgehead atoms. The molecule has 2 aromatic heterocycles. The molecule has 0 N–H and O–H groups in total. The van der Waals surface area contributed by atoms with Crippen molar-refractivity contribution in [3.63, 3.8) is 0 Å². The Hall–Kier alpha value is -1.90. The molecule has 14 heavy (non-hydrogen) atoms. The highest BCUT2D eigenvalue weighted by atomic mass is 15.2. The summed E-state index contributed by atoms with van der Waals surface area (Å²) in [4.78, 5) is 4.23. The first-order valence-corrected chi connectivity index (χ1v) is 4.59. The van der Waals surface area contributed by atoms with Crippen molar-refractivity contribution in [2.75, 3.05) is 0 Å². The van der Waals surface area contributed by atoms with Gasteiger partial charge in [-0.15, -0.1) is 0 Å². The maximum absolute atomic E-state index is 4.45. The summed E-state index contributed by atoms with van der Waals surface area (Å²) < 4.78 is 1.80. The Balaban J connectivity index is 2.14. The van der Waals surface area contributed by atoms with Gasteiger partial charge in [-0.1, -0.05) is 24.3 Å². The highest BCUT2D eigenvalue weighted by Gasteiger charge is 2.11. The fraction of sp³-hybridized carbons (Fsp3) is 0.0909. The second-order valence-electron chi connectivity index (χ2n) is 3.29. The van der Waals surface area contributed by atoms with Gasteiger partial charge in [0.2, 0.25) is 0 Å². The van der Waals surface area contributed by atoms with Crippen LogP contribution in [0.1, 0.15) is 11.6 Å². The number of aromatic nitrogens is 3. The van der Waals surface area contributed by atoms with Crippen LogP contribution in [0.25, 0.3) is 5.65 Å². The standard InChI is InChI=1S/C11H9N3/c1-2-5-9(4-1)10-8-11-12-6-3-7-14(11)13-10/h1-9H. The summed E-state index contributed by atoms with van der Waals surface area (Å²) in [7, 11) is 0. The molecule has 68 valence electrons. The van der Waals surface area contributed by atoms with Gasteiger partial charge in [0.15, 0.2) is 5.65 Å². The molecule has 0 aliphatic heterocycles. The fourth-order valence-corrected chi connectivity index (χ4v) is 1.64. The van der Waals surface area contributed by atoms with E-state index in [2.05, 4.69) is 22.2 Å². The van der Waals surface area contributed by atoms with Crippen molar-refractivity contribution in [2.24, 2.45) is 0 Å². The smallest absolute Gasteiger partial charge is 0.155 e. The Morgan fingerprint density at radius 1 is 1.21 bits per heavy atom. The Kier molecular flexibility index (Phi) is 1.50. The number of fused-ring (bicyclic) bond motifs is 1. The van der Waals surface area contributed by atoms with Crippen LogP contribution < -0.4 is 0 Å². The van der Waals surface area contributed by atoms with Crippen LogP contribution in [-0.4, -0.2) is 14.6 Å². The van der Waals surface area contributed by atoms with Crippen molar-refractivity contribution in [1.82, 2.24) is 14.6 Å². The van der Waals surface area contributed by atoms with Gasteiger partial charge in [-0.2, -0.15) is 5.10 Å². The monoisotopic (exact) mass is 183 g/mol. The van der Waals surface area contributed by atoms with E-state index in [0.717, 1.165) is 11.3 Å². The van der Waals surface area contributed by atoms with Crippen LogP contribution >= 0.6 is 0 Å². The Morgan fingerprint density at radius 3 is 2.86 bits per heavy atom. The normalized spacial score (nSPS) is 15.7. The lowest BCUT2D eigenvalue weighted by Crippen LogP contribution is -1.91. The first kappa shape index (κ1) is 7.50. The summed E-state index contributed by atoms with van der Waals surface area (Å²) in [6, 6.07) is 3.90. The Morgan fingerprint density at radius 2 is 2.07 bits per heavy atom. The molecule has 3 rings (SSSR count). The van der Waals surface area contributed by atoms with Gasteiger partial charge in [0.05, 0.1) is 5.69 Å². The maximum atomic E-state index is 4.45. The van der Waals surface area contributed by atoms with Gasteiger partial charge in [0, 0.05) is 24.4 Å². The number of allylic oxidation sites excluding steroid dienone is 4. The molecule has 0 atom stereocenters. The van der Waals surface area contributed by atoms with Gasteiger partial charge in [0.25, 0.3) is 0 Å². The predicted octanol–water partition coefficient (Wildman–Crippen LogP) is 1.94. The van der Waals surface area contributed by atoms with Crippen LogP contribution in [0.15, 0.2) is 48.8 Å². The highest BCUT2D eigenvalue weighted by Crippen LogP contribution is 2.21. The molecule has 3 heteroatoms. The average Bonchev–Trinajstić information content (AvgIpc) is 2.86. The molecule has 0 saturated carbocycles. The molecule has 0 amide bonds. The second-order valence-corrected chi connectivity index (χ2v) is 3.29. The van der Waals surface area contributed by atoms with Crippen molar-refractivity contribution in [2.45, 2.75) is 5.92 Å². The summed E-state index contributed by atoms with van der Waals surface area (Å²) >= 11 is 0. The first-order valence-electron chi connectivity index (χ1n) is 4.59. The SMILES string of the molecule is C1=CC(c2cc3ncccn3n2)C=C1. The third-order valence-electron chi connectivity index (χ3n) is 2.34. The minimum atomic E-state index is 0.316. The van der Waals surface area contributed by atoms with Crippen LogP contribution in [0, 0.1) is 0 Å². The molecule has 0 unspecified atom stereocenters. The number of nitrogens with zero attached hydrogens (tertiary/aromatic N) is 3. The van der Waals surface area contributed by atoms with E-state index in [-0.39, 0.29) is 0 Å². The zero-order valence-electron chi connectivity index (χ0n) is 7.54. The first-order chi connectivity index (χ1) is 6.93. The summed E-state index contributed by atoms with van der Waals surface area (Å²) in [5.41, 5.74) is 1.95. The van der Waals surface area contributed by atoms with E-state index < -0.39 is 0 Å². The van der Waals surface area contributed by atoms with Gasteiger partial charge in [0.1, 0.15) is 0 Å². The molecule has 1 aliphatic rings. The van der Waals surface area contributed by atoms with Crippen LogP contribution in [0.2, 0.25) is 0 Å². The molecular weight excluding hydrogens is 174 g/mol. The van der Waals surface area contributed by atoms with E-state index in [9.17, 15) is 0 Å². The van der Waals surface area contributed by atoms with E-state index in [4.69, 9.17) is 0 Å². The lowest BCUT2D eigenvalue weighted by atomic mass is 10.1. The molecule has 1 aliphatic carbocycles. The lowest BCUT2D eigenvalue weighted by Gasteiger charge is -1.96. The van der Waals surface area contributed by atoms with Crippen molar-refractivity contribution in [1.29, 1.82) is 0 Å². The van der Waals surface area contributed by atoms with E-state index in [1.165, 1.54) is 0 Å². The zero-order valence-corrected chi connectivity index (χ0v) is 7.54. The summed E-state index contributed by atoms with van der Waals surface area (Å²) in [6.07, 6.45) is 12.0. The summed E-state index contributed by atoms with van der Waals surface area (Å²) in [5.74, 6) is 0.316. The number of hydrogen-bond acceptors (Lipinski definition) is 2. The van der Waals surface area contributed by atoms with Crippen molar-refractivity contribution < 1.29 is 0 Å². The number of rotatable bonds is 1. The molecule has 0 saturated heterocycles. The third kappa shape index (κ3) is 1.06. The molecular formula is C11H9N3. The summed E-state index contributed by atoms with van der Waals surface area (Å²) in [6.45, 7) is 0. The molecule has 0 spiro atoms. The van der Waals surface area contributed by atoms with Crippen LogP contribution in [0.4, 0.5) is 0 Å². The topological polar surface area (TPSA) is 30.2 Å². The van der Waals surface area contributed by atoms with Crippen LogP contribution in [0.3, 0.4) is 0 Å². The lowest BCUT2D eigenvalue weighted by molar-refractivity contribution is 0.877. The molecule has 2 aromatic rings. The van der Waals surface area contributed by atoms with E-state index in [1.54, 1.807) is 10.7 Å². The number of hydrogen-bond donors (Lipinski definition) is 0. The molecule has 0 aromatic carbocycles. The quantitative estimate of drug-likeness (QED) is 0.676. The third-order valence-corrected chi connectivity index (χ3v) is 2.34.